The summed E-state index contributed by atoms with van der Waals surface area (Å²) in [4.78, 5) is 14.9. The van der Waals surface area contributed by atoms with Crippen LogP contribution < -0.4 is 10.1 Å². The van der Waals surface area contributed by atoms with E-state index in [1.807, 2.05) is 36.4 Å². The van der Waals surface area contributed by atoms with Crippen molar-refractivity contribution in [2.45, 2.75) is 45.7 Å². The molecule has 0 bridgehead atoms. The molecule has 6 nitrogen and oxygen atoms in total. The molecule has 2 heterocycles. The van der Waals surface area contributed by atoms with Crippen molar-refractivity contribution in [2.75, 3.05) is 20.2 Å². The van der Waals surface area contributed by atoms with Crippen LogP contribution in [0, 0.1) is 12.8 Å². The van der Waals surface area contributed by atoms with Gasteiger partial charge in [0, 0.05) is 6.54 Å². The second-order valence-electron chi connectivity index (χ2n) is 8.78. The summed E-state index contributed by atoms with van der Waals surface area (Å²) in [7, 11) is 1.70. The number of aromatic nitrogens is 2. The maximum atomic E-state index is 12.4. The number of ether oxygens (including phenoxy) is 1. The lowest BCUT2D eigenvalue weighted by Gasteiger charge is -2.31. The van der Waals surface area contributed by atoms with E-state index in [0.717, 1.165) is 48.3 Å². The molecule has 1 saturated heterocycles. The lowest BCUT2D eigenvalue weighted by atomic mass is 9.90. The fraction of sp³-hybridized carbons (Fsp3) is 0.423. The second kappa shape index (κ2) is 11.4. The highest BCUT2D eigenvalue weighted by Gasteiger charge is 2.21. The molecule has 174 valence electrons. The highest BCUT2D eigenvalue weighted by Crippen LogP contribution is 2.25. The molecule has 3 aromatic rings. The number of nitrogens with zero attached hydrogens (tertiary/aromatic N) is 3. The molecular weight excluding hydrogens is 432 g/mol. The van der Waals surface area contributed by atoms with Crippen molar-refractivity contribution in [3.63, 3.8) is 0 Å². The number of carbonyl (C=O) groups is 1. The van der Waals surface area contributed by atoms with Gasteiger partial charge in [-0.2, -0.15) is 0 Å². The van der Waals surface area contributed by atoms with Gasteiger partial charge in [0.2, 0.25) is 5.01 Å². The van der Waals surface area contributed by atoms with E-state index in [9.17, 15) is 4.79 Å². The number of aryl methyl sites for hydroxylation is 2. The fourth-order valence-electron chi connectivity index (χ4n) is 4.16. The summed E-state index contributed by atoms with van der Waals surface area (Å²) in [5.74, 6) is 1.52. The van der Waals surface area contributed by atoms with Gasteiger partial charge in [0.05, 0.1) is 13.7 Å². The number of rotatable bonds is 9. The molecule has 7 heteroatoms. The van der Waals surface area contributed by atoms with Gasteiger partial charge in [-0.25, -0.2) is 0 Å². The van der Waals surface area contributed by atoms with Crippen LogP contribution in [0.5, 0.6) is 5.75 Å². The first-order valence-corrected chi connectivity index (χ1v) is 12.4. The zero-order valence-electron chi connectivity index (χ0n) is 19.4. The first kappa shape index (κ1) is 23.4. The summed E-state index contributed by atoms with van der Waals surface area (Å²) in [6.45, 7) is 5.46. The molecule has 0 aliphatic carbocycles. The van der Waals surface area contributed by atoms with Crippen molar-refractivity contribution in [1.82, 2.24) is 20.4 Å². The molecule has 1 amide bonds. The number of benzene rings is 2. The SMILES string of the molecule is COc1ccc(CCC2CCN(Cc3nnc(C(=O)NCc4ccc(C)cc4)s3)CC2)cc1. The Kier molecular flexibility index (Phi) is 8.07. The third-order valence-electron chi connectivity index (χ3n) is 6.30. The van der Waals surface area contributed by atoms with E-state index >= 15 is 0 Å². The van der Waals surface area contributed by atoms with E-state index < -0.39 is 0 Å². The average molecular weight is 465 g/mol. The van der Waals surface area contributed by atoms with Gasteiger partial charge in [-0.3, -0.25) is 9.69 Å². The summed E-state index contributed by atoms with van der Waals surface area (Å²) in [5.41, 5.74) is 3.66. The monoisotopic (exact) mass is 464 g/mol. The Morgan fingerprint density at radius 2 is 1.76 bits per heavy atom. The first-order valence-electron chi connectivity index (χ1n) is 11.6. The number of nitrogens with one attached hydrogen (secondary N) is 1. The molecule has 33 heavy (non-hydrogen) atoms. The largest absolute Gasteiger partial charge is 0.497 e. The van der Waals surface area contributed by atoms with Crippen LogP contribution >= 0.6 is 11.3 Å². The zero-order valence-corrected chi connectivity index (χ0v) is 20.2. The summed E-state index contributed by atoms with van der Waals surface area (Å²) >= 11 is 1.40. The highest BCUT2D eigenvalue weighted by molar-refractivity contribution is 7.13. The molecule has 1 N–H and O–H groups in total. The molecule has 1 aliphatic rings. The van der Waals surface area contributed by atoms with Gasteiger partial charge < -0.3 is 10.1 Å². The van der Waals surface area contributed by atoms with Crippen LogP contribution in [0.25, 0.3) is 0 Å². The lowest BCUT2D eigenvalue weighted by molar-refractivity contribution is 0.0950. The Morgan fingerprint density at radius 3 is 2.45 bits per heavy atom. The van der Waals surface area contributed by atoms with Gasteiger partial charge in [-0.05, 0) is 74.9 Å². The fourth-order valence-corrected chi connectivity index (χ4v) is 4.96. The van der Waals surface area contributed by atoms with Crippen LogP contribution in [-0.2, 0) is 19.5 Å². The second-order valence-corrected chi connectivity index (χ2v) is 9.84. The molecule has 1 fully saturated rings. The predicted molar refractivity (Wildman–Crippen MR) is 132 cm³/mol. The molecule has 0 atom stereocenters. The Bertz CT molecular complexity index is 1030. The van der Waals surface area contributed by atoms with Gasteiger partial charge in [0.25, 0.3) is 5.91 Å². The van der Waals surface area contributed by atoms with Crippen molar-refractivity contribution in [3.05, 3.63) is 75.2 Å². The molecule has 0 saturated carbocycles. The molecular formula is C26H32N4O2S. The minimum absolute atomic E-state index is 0.156. The Labute approximate surface area is 200 Å². The maximum absolute atomic E-state index is 12.4. The highest BCUT2D eigenvalue weighted by atomic mass is 32.1. The summed E-state index contributed by atoms with van der Waals surface area (Å²) in [5, 5.41) is 12.7. The molecule has 2 aromatic carbocycles. The van der Waals surface area contributed by atoms with Crippen molar-refractivity contribution >= 4 is 17.2 Å². The number of methoxy groups -OCH3 is 1. The van der Waals surface area contributed by atoms with Gasteiger partial charge >= 0.3 is 0 Å². The van der Waals surface area contributed by atoms with Crippen molar-refractivity contribution in [3.8, 4) is 5.75 Å². The zero-order chi connectivity index (χ0) is 23.0. The molecule has 4 rings (SSSR count). The van der Waals surface area contributed by atoms with Crippen molar-refractivity contribution in [1.29, 1.82) is 0 Å². The van der Waals surface area contributed by atoms with E-state index in [-0.39, 0.29) is 5.91 Å². The number of carbonyl (C=O) groups excluding carboxylic acids is 1. The van der Waals surface area contributed by atoms with Gasteiger partial charge in [0.15, 0.2) is 0 Å². The topological polar surface area (TPSA) is 67.3 Å². The average Bonchev–Trinajstić information content (AvgIpc) is 3.32. The number of hydrogen-bond donors (Lipinski definition) is 1. The van der Waals surface area contributed by atoms with E-state index in [1.165, 1.54) is 41.7 Å². The molecule has 0 radical (unpaired) electrons. The van der Waals surface area contributed by atoms with Crippen LogP contribution in [0.1, 0.15) is 50.8 Å². The minimum Gasteiger partial charge on any atom is -0.497 e. The molecule has 0 unspecified atom stereocenters. The van der Waals surface area contributed by atoms with Gasteiger partial charge in [-0.15, -0.1) is 10.2 Å². The summed E-state index contributed by atoms with van der Waals surface area (Å²) < 4.78 is 5.24. The maximum Gasteiger partial charge on any atom is 0.282 e. The quantitative estimate of drug-likeness (QED) is 0.500. The third kappa shape index (κ3) is 6.85. The first-order chi connectivity index (χ1) is 16.1. The van der Waals surface area contributed by atoms with Gasteiger partial charge in [0.1, 0.15) is 10.8 Å². The normalized spacial score (nSPS) is 14.8. The molecule has 1 aliphatic heterocycles. The number of piperidine rings is 1. The van der Waals surface area contributed by atoms with Crippen LogP contribution in [0.4, 0.5) is 0 Å². The Balaban J connectivity index is 1.18. The van der Waals surface area contributed by atoms with E-state index in [2.05, 4.69) is 39.5 Å². The van der Waals surface area contributed by atoms with Gasteiger partial charge in [-0.1, -0.05) is 53.3 Å². The Morgan fingerprint density at radius 1 is 1.06 bits per heavy atom. The van der Waals surface area contributed by atoms with Crippen LogP contribution in [0.2, 0.25) is 0 Å². The minimum atomic E-state index is -0.156. The predicted octanol–water partition coefficient (Wildman–Crippen LogP) is 4.63. The smallest absolute Gasteiger partial charge is 0.282 e. The molecule has 0 spiro atoms. The Hall–Kier alpha value is -2.77. The third-order valence-corrected chi connectivity index (χ3v) is 7.21. The van der Waals surface area contributed by atoms with Crippen LogP contribution in [0.15, 0.2) is 48.5 Å². The van der Waals surface area contributed by atoms with E-state index in [4.69, 9.17) is 4.74 Å². The lowest BCUT2D eigenvalue weighted by Crippen LogP contribution is -2.33. The van der Waals surface area contributed by atoms with Crippen LogP contribution in [0.3, 0.4) is 0 Å². The van der Waals surface area contributed by atoms with Crippen molar-refractivity contribution < 1.29 is 9.53 Å². The molecule has 1 aromatic heterocycles. The van der Waals surface area contributed by atoms with Crippen LogP contribution in [-0.4, -0.2) is 41.2 Å². The van der Waals surface area contributed by atoms with Crippen molar-refractivity contribution in [2.24, 2.45) is 5.92 Å². The number of likely N-dealkylation sites (tertiary alicyclic amines) is 1. The van der Waals surface area contributed by atoms with E-state index in [0.29, 0.717) is 11.6 Å². The standard InChI is InChI=1S/C26H32N4O2S/c1-19-3-5-22(6-4-19)17-27-25(31)26-29-28-24(33-26)18-30-15-13-21(14-16-30)8-7-20-9-11-23(32-2)12-10-20/h3-6,9-12,21H,7-8,13-18H2,1-2H3,(H,27,31). The summed E-state index contributed by atoms with van der Waals surface area (Å²) in [6.07, 6.45) is 4.76. The number of hydrogen-bond acceptors (Lipinski definition) is 6. The summed E-state index contributed by atoms with van der Waals surface area (Å²) in [6, 6.07) is 16.6. The number of amides is 1. The van der Waals surface area contributed by atoms with E-state index in [1.54, 1.807) is 7.11 Å².